The summed E-state index contributed by atoms with van der Waals surface area (Å²) in [6.07, 6.45) is 1.38. The Morgan fingerprint density at radius 1 is 1.31 bits per heavy atom. The normalized spacial score (nSPS) is 16.5. The van der Waals surface area contributed by atoms with Crippen molar-refractivity contribution in [1.82, 2.24) is 0 Å². The number of ketones is 1. The Labute approximate surface area is 93.5 Å². The van der Waals surface area contributed by atoms with Crippen molar-refractivity contribution >= 4 is 21.7 Å². The largest absolute Gasteiger partial charge is 0.497 e. The first kappa shape index (κ1) is 10.9. The van der Waals surface area contributed by atoms with Crippen molar-refractivity contribution in [2.45, 2.75) is 11.8 Å². The summed E-state index contributed by atoms with van der Waals surface area (Å²) in [6, 6.07) is 4.62. The average Bonchev–Trinajstić information content (AvgIpc) is 2.50. The van der Waals surface area contributed by atoms with Gasteiger partial charge in [0, 0.05) is 0 Å². The number of methoxy groups -OCH3 is 1. The summed E-state index contributed by atoms with van der Waals surface area (Å²) >= 11 is 0. The summed E-state index contributed by atoms with van der Waals surface area (Å²) in [5.41, 5.74) is 0.504. The number of sulfone groups is 1. The van der Waals surface area contributed by atoms with Gasteiger partial charge in [-0.3, -0.25) is 4.79 Å². The number of benzene rings is 1. The Morgan fingerprint density at radius 3 is 2.56 bits per heavy atom. The second kappa shape index (κ2) is 3.45. The first-order valence-electron chi connectivity index (χ1n) is 4.62. The molecule has 0 saturated carbocycles. The van der Waals surface area contributed by atoms with Gasteiger partial charge < -0.3 is 4.74 Å². The number of allylic oxidation sites excluding steroid dienone is 1. The van der Waals surface area contributed by atoms with Crippen LogP contribution in [0.5, 0.6) is 5.75 Å². The van der Waals surface area contributed by atoms with E-state index in [4.69, 9.17) is 4.74 Å². The smallest absolute Gasteiger partial charge is 0.210 e. The van der Waals surface area contributed by atoms with Crippen LogP contribution < -0.4 is 4.74 Å². The summed E-state index contributed by atoms with van der Waals surface area (Å²) in [4.78, 5) is 11.2. The molecule has 1 heterocycles. The highest BCUT2D eigenvalue weighted by Crippen LogP contribution is 2.35. The van der Waals surface area contributed by atoms with Crippen molar-refractivity contribution in [3.63, 3.8) is 0 Å². The molecule has 0 saturated heterocycles. The van der Waals surface area contributed by atoms with Crippen molar-refractivity contribution in [2.24, 2.45) is 0 Å². The molecule has 1 aliphatic rings. The van der Waals surface area contributed by atoms with E-state index >= 15 is 0 Å². The number of carbonyl (C=O) groups is 1. The molecule has 0 spiro atoms. The molecule has 0 N–H and O–H groups in total. The maximum atomic E-state index is 11.9. The number of ether oxygens (including phenoxy) is 1. The molecule has 0 aromatic heterocycles. The van der Waals surface area contributed by atoms with Crippen molar-refractivity contribution in [3.05, 3.63) is 28.7 Å². The molecule has 1 aromatic rings. The van der Waals surface area contributed by atoms with Gasteiger partial charge in [-0.15, -0.1) is 0 Å². The van der Waals surface area contributed by atoms with Crippen LogP contribution in [-0.4, -0.2) is 21.3 Å². The number of hydrogen-bond acceptors (Lipinski definition) is 4. The van der Waals surface area contributed by atoms with Crippen LogP contribution in [0.2, 0.25) is 0 Å². The molecule has 0 bridgehead atoms. The van der Waals surface area contributed by atoms with Gasteiger partial charge in [0.1, 0.15) is 10.7 Å². The molecule has 1 aromatic carbocycles. The van der Waals surface area contributed by atoms with Gasteiger partial charge in [-0.05, 0) is 36.8 Å². The Morgan fingerprint density at radius 2 is 2.00 bits per heavy atom. The van der Waals surface area contributed by atoms with E-state index in [-0.39, 0.29) is 9.80 Å². The van der Waals surface area contributed by atoms with E-state index in [2.05, 4.69) is 0 Å². The van der Waals surface area contributed by atoms with Crippen molar-refractivity contribution in [2.75, 3.05) is 7.11 Å². The van der Waals surface area contributed by atoms with Crippen LogP contribution in [0.15, 0.2) is 28.0 Å². The van der Waals surface area contributed by atoms with E-state index < -0.39 is 15.6 Å². The fourth-order valence-corrected chi connectivity index (χ4v) is 3.21. The van der Waals surface area contributed by atoms with Crippen LogP contribution in [-0.2, 0) is 14.6 Å². The highest BCUT2D eigenvalue weighted by Gasteiger charge is 2.32. The second-order valence-corrected chi connectivity index (χ2v) is 5.36. The third kappa shape index (κ3) is 1.44. The Kier molecular flexibility index (Phi) is 2.35. The van der Waals surface area contributed by atoms with Crippen LogP contribution >= 0.6 is 0 Å². The molecule has 0 atom stereocenters. The number of fused-ring (bicyclic) bond motifs is 1. The van der Waals surface area contributed by atoms with Gasteiger partial charge in [0.15, 0.2) is 5.78 Å². The molecule has 0 unspecified atom stereocenters. The van der Waals surface area contributed by atoms with Crippen LogP contribution in [0.25, 0.3) is 6.08 Å². The average molecular weight is 238 g/mol. The standard InChI is InChI=1S/C11H10O4S/c1-7(12)11-6-8-5-9(15-2)3-4-10(8)16(11,13)14/h3-6H,1-2H3. The summed E-state index contributed by atoms with van der Waals surface area (Å²) in [5, 5.41) is 0. The summed E-state index contributed by atoms with van der Waals surface area (Å²) in [7, 11) is -2.11. The summed E-state index contributed by atoms with van der Waals surface area (Å²) < 4.78 is 28.8. The van der Waals surface area contributed by atoms with Crippen LogP contribution in [0.1, 0.15) is 12.5 Å². The lowest BCUT2D eigenvalue weighted by Gasteiger charge is -2.02. The molecule has 0 fully saturated rings. The number of rotatable bonds is 2. The topological polar surface area (TPSA) is 60.4 Å². The maximum absolute atomic E-state index is 11.9. The third-order valence-corrected chi connectivity index (χ3v) is 4.36. The zero-order chi connectivity index (χ0) is 11.9. The number of hydrogen-bond donors (Lipinski definition) is 0. The predicted octanol–water partition coefficient (Wildman–Crippen LogP) is 1.41. The van der Waals surface area contributed by atoms with Crippen LogP contribution in [0, 0.1) is 0 Å². The van der Waals surface area contributed by atoms with E-state index in [0.717, 1.165) is 0 Å². The molecule has 0 aliphatic carbocycles. The SMILES string of the molecule is COc1ccc2c(c1)C=C(C(C)=O)S2(=O)=O. The Bertz CT molecular complexity index is 596. The minimum absolute atomic E-state index is 0.157. The van der Waals surface area contributed by atoms with Gasteiger partial charge in [0.2, 0.25) is 9.84 Å². The van der Waals surface area contributed by atoms with Crippen molar-refractivity contribution < 1.29 is 17.9 Å². The van der Waals surface area contributed by atoms with Crippen molar-refractivity contribution in [1.29, 1.82) is 0 Å². The first-order valence-corrected chi connectivity index (χ1v) is 6.11. The molecule has 1 aliphatic heterocycles. The highest BCUT2D eigenvalue weighted by molar-refractivity contribution is 7.96. The van der Waals surface area contributed by atoms with E-state index in [1.54, 1.807) is 12.1 Å². The van der Waals surface area contributed by atoms with Crippen LogP contribution in [0.3, 0.4) is 0 Å². The monoisotopic (exact) mass is 238 g/mol. The molecule has 0 amide bonds. The number of Topliss-reactive ketones (excluding diaryl/α,β-unsaturated/α-hetero) is 1. The van der Waals surface area contributed by atoms with Crippen molar-refractivity contribution in [3.8, 4) is 5.75 Å². The van der Waals surface area contributed by atoms with E-state index in [9.17, 15) is 13.2 Å². The molecule has 16 heavy (non-hydrogen) atoms. The third-order valence-electron chi connectivity index (χ3n) is 2.43. The molecule has 4 nitrogen and oxygen atoms in total. The Hall–Kier alpha value is -1.62. The predicted molar refractivity (Wildman–Crippen MR) is 58.8 cm³/mol. The quantitative estimate of drug-likeness (QED) is 0.781. The van der Waals surface area contributed by atoms with Gasteiger partial charge in [0.05, 0.1) is 12.0 Å². The van der Waals surface area contributed by atoms with Gasteiger partial charge in [0.25, 0.3) is 0 Å². The van der Waals surface area contributed by atoms with Gasteiger partial charge in [-0.25, -0.2) is 8.42 Å². The van der Waals surface area contributed by atoms with E-state index in [1.807, 2.05) is 0 Å². The molecular weight excluding hydrogens is 228 g/mol. The number of carbonyl (C=O) groups excluding carboxylic acids is 1. The highest BCUT2D eigenvalue weighted by atomic mass is 32.2. The first-order chi connectivity index (χ1) is 7.46. The minimum Gasteiger partial charge on any atom is -0.497 e. The molecule has 5 heteroatoms. The second-order valence-electron chi connectivity index (χ2n) is 3.47. The molecule has 0 radical (unpaired) electrons. The summed E-state index contributed by atoms with van der Waals surface area (Å²) in [5.74, 6) is 0.116. The zero-order valence-electron chi connectivity index (χ0n) is 8.85. The van der Waals surface area contributed by atoms with Gasteiger partial charge in [-0.2, -0.15) is 0 Å². The lowest BCUT2D eigenvalue weighted by atomic mass is 10.2. The fraction of sp³-hybridized carbons (Fsp3) is 0.182. The lowest BCUT2D eigenvalue weighted by molar-refractivity contribution is -0.112. The lowest BCUT2D eigenvalue weighted by Crippen LogP contribution is -2.07. The minimum atomic E-state index is -3.61. The van der Waals surface area contributed by atoms with Gasteiger partial charge >= 0.3 is 0 Å². The molecule has 84 valence electrons. The zero-order valence-corrected chi connectivity index (χ0v) is 9.67. The van der Waals surface area contributed by atoms with Crippen LogP contribution in [0.4, 0.5) is 0 Å². The van der Waals surface area contributed by atoms with E-state index in [1.165, 1.54) is 26.2 Å². The maximum Gasteiger partial charge on any atom is 0.210 e. The summed E-state index contributed by atoms with van der Waals surface area (Å²) in [6.45, 7) is 1.24. The fourth-order valence-electron chi connectivity index (χ4n) is 1.64. The molecule has 2 rings (SSSR count). The molecular formula is C11H10O4S. The van der Waals surface area contributed by atoms with Gasteiger partial charge in [-0.1, -0.05) is 0 Å². The Balaban J connectivity index is 2.67. The van der Waals surface area contributed by atoms with E-state index in [0.29, 0.717) is 11.3 Å².